The van der Waals surface area contributed by atoms with Gasteiger partial charge >= 0.3 is 0 Å². The van der Waals surface area contributed by atoms with Gasteiger partial charge in [-0.25, -0.2) is 8.42 Å². The lowest BCUT2D eigenvalue weighted by Gasteiger charge is -2.20. The molecule has 2 rings (SSSR count). The SMILES string of the molecule is CCCc1noc(CS(=O)(=O)c2cc(C(C)(C)C)ccc2C)n1. The Morgan fingerprint density at radius 2 is 1.91 bits per heavy atom. The second kappa shape index (κ2) is 6.43. The molecule has 1 heterocycles. The molecule has 2 aromatic rings. The Hall–Kier alpha value is -1.69. The molecule has 0 atom stereocenters. The van der Waals surface area contributed by atoms with Gasteiger partial charge in [0.15, 0.2) is 15.7 Å². The highest BCUT2D eigenvalue weighted by Gasteiger charge is 2.24. The Morgan fingerprint density at radius 3 is 2.52 bits per heavy atom. The van der Waals surface area contributed by atoms with Gasteiger partial charge in [-0.1, -0.05) is 45.0 Å². The minimum Gasteiger partial charge on any atom is -0.338 e. The lowest BCUT2D eigenvalue weighted by molar-refractivity contribution is 0.382. The summed E-state index contributed by atoms with van der Waals surface area (Å²) in [5.41, 5.74) is 1.60. The molecule has 1 aromatic carbocycles. The molecule has 0 bridgehead atoms. The fourth-order valence-corrected chi connectivity index (χ4v) is 3.78. The summed E-state index contributed by atoms with van der Waals surface area (Å²) in [6.45, 7) is 9.99. The maximum atomic E-state index is 12.7. The van der Waals surface area contributed by atoms with Crippen LogP contribution in [-0.4, -0.2) is 18.6 Å². The number of benzene rings is 1. The van der Waals surface area contributed by atoms with E-state index in [1.807, 2.05) is 19.1 Å². The van der Waals surface area contributed by atoms with Crippen molar-refractivity contribution in [3.8, 4) is 0 Å². The zero-order valence-corrected chi connectivity index (χ0v) is 15.2. The van der Waals surface area contributed by atoms with Crippen molar-refractivity contribution >= 4 is 9.84 Å². The zero-order chi connectivity index (χ0) is 17.3. The average Bonchev–Trinajstić information content (AvgIpc) is 2.84. The van der Waals surface area contributed by atoms with Crippen molar-refractivity contribution in [1.29, 1.82) is 0 Å². The first-order valence-corrected chi connectivity index (χ1v) is 9.44. The Kier molecular flexibility index (Phi) is 4.94. The molecule has 6 heteroatoms. The Morgan fingerprint density at radius 1 is 1.22 bits per heavy atom. The quantitative estimate of drug-likeness (QED) is 0.834. The molecule has 0 N–H and O–H groups in total. The van der Waals surface area contributed by atoms with Gasteiger partial charge in [0.25, 0.3) is 0 Å². The molecule has 23 heavy (non-hydrogen) atoms. The summed E-state index contributed by atoms with van der Waals surface area (Å²) in [6, 6.07) is 5.58. The number of aromatic nitrogens is 2. The Labute approximate surface area is 138 Å². The van der Waals surface area contributed by atoms with Gasteiger partial charge in [-0.3, -0.25) is 0 Å². The molecule has 0 aliphatic heterocycles. The summed E-state index contributed by atoms with van der Waals surface area (Å²) in [6.07, 6.45) is 1.57. The highest BCUT2D eigenvalue weighted by atomic mass is 32.2. The van der Waals surface area contributed by atoms with Gasteiger partial charge in [0.1, 0.15) is 5.75 Å². The van der Waals surface area contributed by atoms with E-state index < -0.39 is 9.84 Å². The third-order valence-electron chi connectivity index (χ3n) is 3.69. The minimum atomic E-state index is -3.52. The molecular formula is C17H24N2O3S. The first-order chi connectivity index (χ1) is 10.6. The number of hydrogen-bond acceptors (Lipinski definition) is 5. The fraction of sp³-hybridized carbons (Fsp3) is 0.529. The third kappa shape index (κ3) is 4.19. The monoisotopic (exact) mass is 336 g/mol. The maximum absolute atomic E-state index is 12.7. The highest BCUT2D eigenvalue weighted by Crippen LogP contribution is 2.28. The molecule has 126 valence electrons. The molecule has 0 unspecified atom stereocenters. The smallest absolute Gasteiger partial charge is 0.242 e. The molecule has 0 saturated heterocycles. The van der Waals surface area contributed by atoms with E-state index in [1.165, 1.54) is 0 Å². The third-order valence-corrected chi connectivity index (χ3v) is 5.42. The zero-order valence-electron chi connectivity index (χ0n) is 14.4. The predicted octanol–water partition coefficient (Wildman–Crippen LogP) is 3.60. The second-order valence-corrected chi connectivity index (χ2v) is 8.80. The van der Waals surface area contributed by atoms with Gasteiger partial charge in [-0.2, -0.15) is 4.98 Å². The molecule has 1 aromatic heterocycles. The summed E-state index contributed by atoms with van der Waals surface area (Å²) in [5, 5.41) is 3.81. The van der Waals surface area contributed by atoms with Gasteiger partial charge in [0.05, 0.1) is 4.90 Å². The molecule has 0 radical (unpaired) electrons. The summed E-state index contributed by atoms with van der Waals surface area (Å²) in [7, 11) is -3.52. The van der Waals surface area contributed by atoms with Gasteiger partial charge in [-0.15, -0.1) is 0 Å². The van der Waals surface area contributed by atoms with Gasteiger partial charge < -0.3 is 4.52 Å². The summed E-state index contributed by atoms with van der Waals surface area (Å²) in [4.78, 5) is 4.49. The molecule has 0 spiro atoms. The lowest BCUT2D eigenvalue weighted by Crippen LogP contribution is -2.14. The molecule has 0 fully saturated rings. The van der Waals surface area contributed by atoms with E-state index in [2.05, 4.69) is 30.9 Å². The minimum absolute atomic E-state index is 0.114. The summed E-state index contributed by atoms with van der Waals surface area (Å²) in [5.74, 6) is 0.435. The van der Waals surface area contributed by atoms with Crippen LogP contribution < -0.4 is 0 Å². The van der Waals surface area contributed by atoms with Crippen LogP contribution in [0.2, 0.25) is 0 Å². The van der Waals surface area contributed by atoms with Crippen molar-refractivity contribution < 1.29 is 12.9 Å². The van der Waals surface area contributed by atoms with Crippen LogP contribution in [0.4, 0.5) is 0 Å². The van der Waals surface area contributed by atoms with Gasteiger partial charge in [0, 0.05) is 6.42 Å². The molecule has 0 amide bonds. The van der Waals surface area contributed by atoms with E-state index in [9.17, 15) is 8.42 Å². The van der Waals surface area contributed by atoms with Crippen LogP contribution in [0.1, 0.15) is 57.0 Å². The van der Waals surface area contributed by atoms with E-state index in [1.54, 1.807) is 13.0 Å². The van der Waals surface area contributed by atoms with Crippen LogP contribution in [-0.2, 0) is 27.4 Å². The lowest BCUT2D eigenvalue weighted by atomic mass is 9.87. The van der Waals surface area contributed by atoms with Crippen LogP contribution in [0, 0.1) is 6.92 Å². The number of aryl methyl sites for hydroxylation is 2. The first kappa shape index (κ1) is 17.7. The second-order valence-electron chi connectivity index (χ2n) is 6.84. The standard InChI is InChI=1S/C17H24N2O3S/c1-6-7-15-18-16(22-19-15)11-23(20,21)14-10-13(17(3,4)5)9-8-12(14)2/h8-10H,6-7,11H2,1-5H3. The Bertz CT molecular complexity index is 786. The van der Waals surface area contributed by atoms with Crippen LogP contribution in [0.15, 0.2) is 27.6 Å². The molecular weight excluding hydrogens is 312 g/mol. The van der Waals surface area contributed by atoms with E-state index in [0.29, 0.717) is 17.1 Å². The number of nitrogens with zero attached hydrogens (tertiary/aromatic N) is 2. The van der Waals surface area contributed by atoms with Gasteiger partial charge in [0.2, 0.25) is 5.89 Å². The van der Waals surface area contributed by atoms with Gasteiger partial charge in [-0.05, 0) is 36.0 Å². The van der Waals surface area contributed by atoms with Crippen molar-refractivity contribution in [2.24, 2.45) is 0 Å². The summed E-state index contributed by atoms with van der Waals surface area (Å²) < 4.78 is 30.6. The Balaban J connectivity index is 2.35. The van der Waals surface area contributed by atoms with Crippen LogP contribution in [0.25, 0.3) is 0 Å². The first-order valence-electron chi connectivity index (χ1n) is 7.79. The molecule has 0 aliphatic carbocycles. The van der Waals surface area contributed by atoms with E-state index >= 15 is 0 Å². The van der Waals surface area contributed by atoms with E-state index in [4.69, 9.17) is 4.52 Å². The largest absolute Gasteiger partial charge is 0.338 e. The van der Waals surface area contributed by atoms with E-state index in [0.717, 1.165) is 17.5 Å². The predicted molar refractivity (Wildman–Crippen MR) is 89.1 cm³/mol. The van der Waals surface area contributed by atoms with Crippen LogP contribution in [0.5, 0.6) is 0 Å². The molecule has 0 aliphatic rings. The molecule has 5 nitrogen and oxygen atoms in total. The normalized spacial score (nSPS) is 12.6. The number of sulfone groups is 1. The fourth-order valence-electron chi connectivity index (χ4n) is 2.32. The summed E-state index contributed by atoms with van der Waals surface area (Å²) >= 11 is 0. The number of hydrogen-bond donors (Lipinski definition) is 0. The van der Waals surface area contributed by atoms with E-state index in [-0.39, 0.29) is 17.1 Å². The van der Waals surface area contributed by atoms with Crippen LogP contribution in [0.3, 0.4) is 0 Å². The van der Waals surface area contributed by atoms with Crippen molar-refractivity contribution in [2.45, 2.75) is 63.5 Å². The van der Waals surface area contributed by atoms with Crippen molar-refractivity contribution in [3.63, 3.8) is 0 Å². The average molecular weight is 336 g/mol. The van der Waals surface area contributed by atoms with Crippen LogP contribution >= 0.6 is 0 Å². The highest BCUT2D eigenvalue weighted by molar-refractivity contribution is 7.90. The van der Waals surface area contributed by atoms with Crippen molar-refractivity contribution in [1.82, 2.24) is 10.1 Å². The maximum Gasteiger partial charge on any atom is 0.242 e. The number of rotatable bonds is 5. The van der Waals surface area contributed by atoms with Crippen molar-refractivity contribution in [2.75, 3.05) is 0 Å². The van der Waals surface area contributed by atoms with Crippen molar-refractivity contribution in [3.05, 3.63) is 41.0 Å². The topological polar surface area (TPSA) is 73.1 Å². The molecule has 0 saturated carbocycles.